The number of hydrogen-bond donors (Lipinski definition) is 2. The third-order valence-electron chi connectivity index (χ3n) is 2.58. The number of carbonyl (C=O) groups excluding carboxylic acids is 2. The van der Waals surface area contributed by atoms with E-state index in [0.717, 1.165) is 0 Å². The summed E-state index contributed by atoms with van der Waals surface area (Å²) in [6.07, 6.45) is 2.61. The van der Waals surface area contributed by atoms with Gasteiger partial charge in [0.05, 0.1) is 32.1 Å². The Morgan fingerprint density at radius 2 is 1.96 bits per heavy atom. The van der Waals surface area contributed by atoms with E-state index in [1.54, 1.807) is 6.08 Å². The monoisotopic (exact) mass is 348 g/mol. The van der Waals surface area contributed by atoms with Crippen LogP contribution in [0.15, 0.2) is 12.3 Å². The van der Waals surface area contributed by atoms with Gasteiger partial charge in [-0.2, -0.15) is 0 Å². The molecule has 0 aliphatic heterocycles. The highest BCUT2D eigenvalue weighted by molar-refractivity contribution is 5.77. The van der Waals surface area contributed by atoms with Crippen molar-refractivity contribution >= 4 is 11.8 Å². The van der Waals surface area contributed by atoms with Gasteiger partial charge in [-0.1, -0.05) is 0 Å². The summed E-state index contributed by atoms with van der Waals surface area (Å²) in [5.41, 5.74) is 0. The molecule has 0 aliphatic rings. The van der Waals surface area contributed by atoms with E-state index in [1.165, 1.54) is 13.2 Å². The number of ether oxygens (including phenoxy) is 3. The molecule has 0 aromatic rings. The van der Waals surface area contributed by atoms with Crippen LogP contribution in [0, 0.1) is 0 Å². The highest BCUT2D eigenvalue weighted by Crippen LogP contribution is 1.93. The number of carbonyl (C=O) groups is 2. The Balaban J connectivity index is 3.37. The summed E-state index contributed by atoms with van der Waals surface area (Å²) in [7, 11) is 0. The highest BCUT2D eigenvalue weighted by atomic mass is 19.1. The van der Waals surface area contributed by atoms with Crippen LogP contribution in [0.2, 0.25) is 0 Å². The van der Waals surface area contributed by atoms with Gasteiger partial charge in [-0.15, -0.1) is 0 Å². The van der Waals surface area contributed by atoms with E-state index in [0.29, 0.717) is 26.2 Å². The first-order chi connectivity index (χ1) is 11.4. The second-order valence-corrected chi connectivity index (χ2v) is 5.37. The number of rotatable bonds is 14. The van der Waals surface area contributed by atoms with Crippen molar-refractivity contribution in [3.05, 3.63) is 12.3 Å². The molecule has 0 aliphatic carbocycles. The predicted molar refractivity (Wildman–Crippen MR) is 88.2 cm³/mol. The summed E-state index contributed by atoms with van der Waals surface area (Å²) in [6.45, 7) is 6.18. The van der Waals surface area contributed by atoms with E-state index in [-0.39, 0.29) is 37.7 Å². The Kier molecular flexibility index (Phi) is 13.9. The molecular weight excluding hydrogens is 319 g/mol. The Morgan fingerprint density at radius 1 is 1.21 bits per heavy atom. The lowest BCUT2D eigenvalue weighted by molar-refractivity contribution is -0.126. The van der Waals surface area contributed by atoms with Gasteiger partial charge in [0.2, 0.25) is 11.8 Å². The van der Waals surface area contributed by atoms with E-state index in [2.05, 4.69) is 10.6 Å². The fourth-order valence-corrected chi connectivity index (χ4v) is 1.42. The van der Waals surface area contributed by atoms with Crippen molar-refractivity contribution in [1.82, 2.24) is 10.6 Å². The van der Waals surface area contributed by atoms with Gasteiger partial charge in [-0.3, -0.25) is 9.59 Å². The van der Waals surface area contributed by atoms with Crippen molar-refractivity contribution in [3.63, 3.8) is 0 Å². The van der Waals surface area contributed by atoms with Gasteiger partial charge in [0.25, 0.3) is 0 Å². The van der Waals surface area contributed by atoms with Gasteiger partial charge in [-0.05, 0) is 19.9 Å². The number of nitrogens with one attached hydrogen (secondary N) is 2. The van der Waals surface area contributed by atoms with E-state index in [4.69, 9.17) is 14.2 Å². The molecule has 0 saturated heterocycles. The molecule has 0 aromatic heterocycles. The Bertz CT molecular complexity index is 377. The summed E-state index contributed by atoms with van der Waals surface area (Å²) >= 11 is 0. The summed E-state index contributed by atoms with van der Waals surface area (Å²) in [4.78, 5) is 21.9. The maximum atomic E-state index is 13.2. The average Bonchev–Trinajstić information content (AvgIpc) is 2.52. The summed E-state index contributed by atoms with van der Waals surface area (Å²) in [5.74, 6) is -0.441. The van der Waals surface area contributed by atoms with Gasteiger partial charge in [0, 0.05) is 26.5 Å². The van der Waals surface area contributed by atoms with E-state index >= 15 is 0 Å². The van der Waals surface area contributed by atoms with Crippen LogP contribution in [0.25, 0.3) is 0 Å². The van der Waals surface area contributed by atoms with Crippen LogP contribution in [-0.4, -0.2) is 63.6 Å². The largest absolute Gasteiger partial charge is 0.501 e. The van der Waals surface area contributed by atoms with Crippen molar-refractivity contribution < 1.29 is 28.2 Å². The van der Waals surface area contributed by atoms with Crippen molar-refractivity contribution in [2.75, 3.05) is 39.5 Å². The molecule has 1 atom stereocenters. The summed E-state index contributed by atoms with van der Waals surface area (Å²) in [6, 6.07) is 0. The van der Waals surface area contributed by atoms with Crippen molar-refractivity contribution in [3.8, 4) is 0 Å². The first-order valence-corrected chi connectivity index (χ1v) is 8.03. The normalized spacial score (nSPS) is 12.4. The van der Waals surface area contributed by atoms with Gasteiger partial charge in [0.15, 0.2) is 0 Å². The molecule has 8 heteroatoms. The minimum atomic E-state index is -1.21. The molecule has 0 fully saturated rings. The number of amides is 2. The molecular formula is C16H29FN2O5. The lowest BCUT2D eigenvalue weighted by atomic mass is 10.4. The molecule has 140 valence electrons. The molecule has 2 amide bonds. The summed E-state index contributed by atoms with van der Waals surface area (Å²) < 4.78 is 28.7. The van der Waals surface area contributed by atoms with Crippen LogP contribution < -0.4 is 10.6 Å². The molecule has 2 N–H and O–H groups in total. The number of halogens is 1. The quantitative estimate of drug-likeness (QED) is 0.360. The van der Waals surface area contributed by atoms with Crippen LogP contribution in [-0.2, 0) is 23.8 Å². The molecule has 0 saturated carbocycles. The van der Waals surface area contributed by atoms with Crippen molar-refractivity contribution in [2.24, 2.45) is 0 Å². The topological polar surface area (TPSA) is 85.9 Å². The zero-order valence-corrected chi connectivity index (χ0v) is 14.7. The van der Waals surface area contributed by atoms with Gasteiger partial charge >= 0.3 is 0 Å². The van der Waals surface area contributed by atoms with E-state index in [9.17, 15) is 14.0 Å². The molecule has 0 bridgehead atoms. The van der Waals surface area contributed by atoms with E-state index in [1.807, 2.05) is 13.8 Å². The van der Waals surface area contributed by atoms with Gasteiger partial charge in [0.1, 0.15) is 12.8 Å². The second-order valence-electron chi connectivity index (χ2n) is 5.37. The van der Waals surface area contributed by atoms with Gasteiger partial charge < -0.3 is 24.8 Å². The van der Waals surface area contributed by atoms with E-state index < -0.39 is 6.17 Å². The predicted octanol–water partition coefficient (Wildman–Crippen LogP) is 0.939. The lowest BCUT2D eigenvalue weighted by Gasteiger charge is -2.09. The lowest BCUT2D eigenvalue weighted by Crippen LogP contribution is -2.30. The highest BCUT2D eigenvalue weighted by Gasteiger charge is 2.06. The molecule has 0 heterocycles. The molecule has 1 unspecified atom stereocenters. The van der Waals surface area contributed by atoms with Crippen LogP contribution >= 0.6 is 0 Å². The Hall–Kier alpha value is -1.67. The molecule has 0 spiro atoms. The average molecular weight is 348 g/mol. The number of alkyl halides is 1. The standard InChI is InChI=1S/C16H29FN2O5/c1-13(2)24-12-16(21)18-6-4-7-22-8-5-9-23-11-15(17)10-19-14(3)20/h4,7,13,15H,5-6,8-12H2,1-3H3,(H,18,21)(H,19,20)/b7-4+. The van der Waals surface area contributed by atoms with Crippen LogP contribution in [0.4, 0.5) is 4.39 Å². The molecule has 0 aromatic carbocycles. The zero-order chi connectivity index (χ0) is 18.2. The van der Waals surface area contributed by atoms with Crippen molar-refractivity contribution in [1.29, 1.82) is 0 Å². The smallest absolute Gasteiger partial charge is 0.246 e. The first-order valence-electron chi connectivity index (χ1n) is 8.03. The minimum absolute atomic E-state index is 0.0231. The number of hydrogen-bond acceptors (Lipinski definition) is 5. The Morgan fingerprint density at radius 3 is 2.62 bits per heavy atom. The van der Waals surface area contributed by atoms with Gasteiger partial charge in [-0.25, -0.2) is 4.39 Å². The third kappa shape index (κ3) is 16.7. The minimum Gasteiger partial charge on any atom is -0.501 e. The molecule has 7 nitrogen and oxygen atoms in total. The zero-order valence-electron chi connectivity index (χ0n) is 14.7. The SMILES string of the molecule is CC(=O)NCC(F)COCCCO/C=C/CNC(=O)COC(C)C. The molecule has 24 heavy (non-hydrogen) atoms. The molecule has 0 rings (SSSR count). The Labute approximate surface area is 142 Å². The van der Waals surface area contributed by atoms with Crippen LogP contribution in [0.5, 0.6) is 0 Å². The molecule has 0 radical (unpaired) electrons. The maximum absolute atomic E-state index is 13.2. The van der Waals surface area contributed by atoms with Crippen LogP contribution in [0.1, 0.15) is 27.2 Å². The fourth-order valence-electron chi connectivity index (χ4n) is 1.42. The fraction of sp³-hybridized carbons (Fsp3) is 0.750. The third-order valence-corrected chi connectivity index (χ3v) is 2.58. The summed E-state index contributed by atoms with van der Waals surface area (Å²) in [5, 5.41) is 5.04. The maximum Gasteiger partial charge on any atom is 0.246 e. The second kappa shape index (κ2) is 14.9. The first kappa shape index (κ1) is 22.3. The van der Waals surface area contributed by atoms with Crippen molar-refractivity contribution in [2.45, 2.75) is 39.5 Å². The van der Waals surface area contributed by atoms with Crippen LogP contribution in [0.3, 0.4) is 0 Å².